The smallest absolute Gasteiger partial charge is 0.320 e. The first-order chi connectivity index (χ1) is 18.0. The zero-order valence-electron chi connectivity index (χ0n) is 22.2. The van der Waals surface area contributed by atoms with Crippen LogP contribution in [-0.2, 0) is 33.2 Å². The number of amides is 2. The molecule has 0 fully saturated rings. The highest BCUT2D eigenvalue weighted by Gasteiger charge is 2.22. The first kappa shape index (κ1) is 34.5. The second-order valence-corrected chi connectivity index (χ2v) is 9.00. The standard InChI is InChI=1S/C23H32N3O7P.C2H4O2/c1-6-19(26(4)13-12-22(28)24-17-27)14-21(30-5)16-31-34(25-15-23(29)32-18(2)3)33-20-10-8-7-9-11-20;1-2(3)4/h1,7-13,17-19,21,25H,14-16H2,2-5H3,(H,24,27,28);1H3,(H,3,4)/b13-12-;. The molecule has 0 aliphatic rings. The Hall–Kier alpha value is -3.49. The summed E-state index contributed by atoms with van der Waals surface area (Å²) in [7, 11) is 1.54. The summed E-state index contributed by atoms with van der Waals surface area (Å²) in [5.74, 6) is 1.40. The molecule has 0 saturated carbocycles. The second-order valence-electron chi connectivity index (χ2n) is 7.73. The third kappa shape index (κ3) is 17.9. The number of carboxylic acids is 1. The summed E-state index contributed by atoms with van der Waals surface area (Å²) in [6.07, 6.45) is 8.38. The molecule has 38 heavy (non-hydrogen) atoms. The van der Waals surface area contributed by atoms with Crippen LogP contribution in [0.5, 0.6) is 5.75 Å². The highest BCUT2D eigenvalue weighted by Crippen LogP contribution is 2.35. The number of hydrogen-bond acceptors (Lipinski definition) is 10. The molecule has 1 rings (SSSR count). The maximum absolute atomic E-state index is 11.9. The van der Waals surface area contributed by atoms with Gasteiger partial charge in [-0.25, -0.2) is 5.09 Å². The Morgan fingerprint density at radius 1 is 1.24 bits per heavy atom. The van der Waals surface area contributed by atoms with E-state index in [1.807, 2.05) is 23.5 Å². The van der Waals surface area contributed by atoms with Crippen molar-refractivity contribution in [2.24, 2.45) is 0 Å². The van der Waals surface area contributed by atoms with E-state index in [1.165, 1.54) is 19.4 Å². The van der Waals surface area contributed by atoms with Crippen LogP contribution < -0.4 is 14.9 Å². The minimum Gasteiger partial charge on any atom is -0.481 e. The van der Waals surface area contributed by atoms with Gasteiger partial charge in [-0.05, 0) is 26.0 Å². The predicted molar refractivity (Wildman–Crippen MR) is 142 cm³/mol. The number of aliphatic carboxylic acids is 1. The first-order valence-corrected chi connectivity index (χ1v) is 12.6. The number of rotatable bonds is 16. The Bertz CT molecular complexity index is 918. The third-order valence-corrected chi connectivity index (χ3v) is 5.37. The summed E-state index contributed by atoms with van der Waals surface area (Å²) < 4.78 is 22.4. The van der Waals surface area contributed by atoms with Crippen LogP contribution in [0.15, 0.2) is 42.6 Å². The van der Waals surface area contributed by atoms with Crippen molar-refractivity contribution in [1.29, 1.82) is 0 Å². The van der Waals surface area contributed by atoms with Crippen LogP contribution in [0.3, 0.4) is 0 Å². The van der Waals surface area contributed by atoms with Crippen LogP contribution in [0.4, 0.5) is 0 Å². The van der Waals surface area contributed by atoms with Crippen LogP contribution >= 0.6 is 8.53 Å². The van der Waals surface area contributed by atoms with Gasteiger partial charge in [-0.1, -0.05) is 24.1 Å². The summed E-state index contributed by atoms with van der Waals surface area (Å²) in [5.41, 5.74) is 0. The van der Waals surface area contributed by atoms with Crippen LogP contribution in [-0.4, -0.2) is 79.8 Å². The van der Waals surface area contributed by atoms with Gasteiger partial charge in [0.1, 0.15) is 12.3 Å². The number of carbonyl (C=O) groups is 4. The molecular formula is C25H36N3O9P. The average molecular weight is 554 g/mol. The molecule has 3 atom stereocenters. The van der Waals surface area contributed by atoms with Gasteiger partial charge in [0.15, 0.2) is 0 Å². The number of carbonyl (C=O) groups excluding carboxylic acids is 3. The summed E-state index contributed by atoms with van der Waals surface area (Å²) >= 11 is 0. The highest BCUT2D eigenvalue weighted by atomic mass is 31.2. The molecule has 0 spiro atoms. The van der Waals surface area contributed by atoms with Crippen molar-refractivity contribution in [2.75, 3.05) is 27.3 Å². The third-order valence-electron chi connectivity index (χ3n) is 4.19. The number of nitrogens with one attached hydrogen (secondary N) is 2. The Kier molecular flexibility index (Phi) is 18.7. The minimum atomic E-state index is -1.69. The maximum atomic E-state index is 11.9. The Labute approximate surface area is 224 Å². The number of benzene rings is 1. The molecule has 13 heteroatoms. The molecule has 12 nitrogen and oxygen atoms in total. The lowest BCUT2D eigenvalue weighted by Crippen LogP contribution is -2.33. The number of methoxy groups -OCH3 is 1. The van der Waals surface area contributed by atoms with E-state index in [0.29, 0.717) is 18.6 Å². The van der Waals surface area contributed by atoms with Crippen molar-refractivity contribution in [2.45, 2.75) is 45.4 Å². The molecule has 1 aromatic rings. The fourth-order valence-electron chi connectivity index (χ4n) is 2.49. The maximum Gasteiger partial charge on any atom is 0.320 e. The minimum absolute atomic E-state index is 0.0856. The zero-order chi connectivity index (χ0) is 28.9. The fourth-order valence-corrected chi connectivity index (χ4v) is 3.58. The number of carboxylic acid groups (broad SMARTS) is 1. The SMILES string of the molecule is C#CC(CC(COP(NCC(=O)OC(C)C)Oc1ccccc1)OC)N(C)/C=C\C(=O)NC=O.CC(=O)O. The molecule has 1 aromatic carbocycles. The molecule has 0 aliphatic carbocycles. The van der Waals surface area contributed by atoms with E-state index in [9.17, 15) is 14.4 Å². The Balaban J connectivity index is 0.00000318. The van der Waals surface area contributed by atoms with Gasteiger partial charge in [-0.3, -0.25) is 24.5 Å². The zero-order valence-corrected chi connectivity index (χ0v) is 23.1. The Morgan fingerprint density at radius 2 is 1.87 bits per heavy atom. The van der Waals surface area contributed by atoms with Gasteiger partial charge < -0.3 is 28.5 Å². The van der Waals surface area contributed by atoms with Crippen LogP contribution in [0.2, 0.25) is 0 Å². The van der Waals surface area contributed by atoms with Crippen LogP contribution in [0.1, 0.15) is 27.2 Å². The van der Waals surface area contributed by atoms with E-state index in [-0.39, 0.29) is 19.3 Å². The molecule has 0 aliphatic heterocycles. The molecule has 210 valence electrons. The predicted octanol–water partition coefficient (Wildman–Crippen LogP) is 2.07. The Morgan fingerprint density at radius 3 is 2.39 bits per heavy atom. The molecule has 0 radical (unpaired) electrons. The van der Waals surface area contributed by atoms with Crippen molar-refractivity contribution in [1.82, 2.24) is 15.3 Å². The van der Waals surface area contributed by atoms with Crippen LogP contribution in [0.25, 0.3) is 0 Å². The molecular weight excluding hydrogens is 517 g/mol. The largest absolute Gasteiger partial charge is 0.481 e. The van der Waals surface area contributed by atoms with Crippen molar-refractivity contribution < 1.29 is 42.8 Å². The number of ether oxygens (including phenoxy) is 2. The lowest BCUT2D eigenvalue weighted by Gasteiger charge is -2.27. The quantitative estimate of drug-likeness (QED) is 0.0907. The van der Waals surface area contributed by atoms with E-state index in [0.717, 1.165) is 6.92 Å². The van der Waals surface area contributed by atoms with Gasteiger partial charge in [0, 0.05) is 39.8 Å². The van der Waals surface area contributed by atoms with Gasteiger partial charge >= 0.3 is 14.5 Å². The summed E-state index contributed by atoms with van der Waals surface area (Å²) in [4.78, 5) is 44.3. The molecule has 3 N–H and O–H groups in total. The molecule has 0 heterocycles. The van der Waals surface area contributed by atoms with E-state index in [4.69, 9.17) is 34.8 Å². The number of hydrogen-bond donors (Lipinski definition) is 3. The number of nitrogens with zero attached hydrogens (tertiary/aromatic N) is 1. The van der Waals surface area contributed by atoms with E-state index in [1.54, 1.807) is 37.9 Å². The van der Waals surface area contributed by atoms with E-state index in [2.05, 4.69) is 11.0 Å². The van der Waals surface area contributed by atoms with Gasteiger partial charge in [-0.15, -0.1) is 6.42 Å². The molecule has 0 bridgehead atoms. The van der Waals surface area contributed by atoms with E-state index < -0.39 is 38.5 Å². The second kappa shape index (κ2) is 20.6. The monoisotopic (exact) mass is 553 g/mol. The fraction of sp³-hybridized carbons (Fsp3) is 0.440. The van der Waals surface area contributed by atoms with Gasteiger partial charge in [0.05, 0.1) is 24.9 Å². The number of para-hydroxylation sites is 1. The van der Waals surface area contributed by atoms with Crippen molar-refractivity contribution in [3.05, 3.63) is 42.6 Å². The normalized spacial score (nSPS) is 12.8. The lowest BCUT2D eigenvalue weighted by molar-refractivity contribution is -0.146. The van der Waals surface area contributed by atoms with E-state index >= 15 is 0 Å². The van der Waals surface area contributed by atoms with Crippen molar-refractivity contribution >= 4 is 32.8 Å². The summed E-state index contributed by atoms with van der Waals surface area (Å²) in [6.45, 7) is 4.66. The van der Waals surface area contributed by atoms with Crippen molar-refractivity contribution in [3.63, 3.8) is 0 Å². The molecule has 3 unspecified atom stereocenters. The molecule has 0 saturated heterocycles. The number of esters is 1. The van der Waals surface area contributed by atoms with Gasteiger partial charge in [-0.2, -0.15) is 0 Å². The lowest BCUT2D eigenvalue weighted by atomic mass is 10.1. The highest BCUT2D eigenvalue weighted by molar-refractivity contribution is 7.45. The summed E-state index contributed by atoms with van der Waals surface area (Å²) in [6, 6.07) is 8.64. The average Bonchev–Trinajstić information content (AvgIpc) is 2.86. The van der Waals surface area contributed by atoms with Gasteiger partial charge in [0.2, 0.25) is 6.41 Å². The van der Waals surface area contributed by atoms with Crippen LogP contribution in [0, 0.1) is 12.3 Å². The molecule has 2 amide bonds. The number of imide groups is 1. The number of terminal acetylenes is 1. The van der Waals surface area contributed by atoms with Gasteiger partial charge in [0.25, 0.3) is 11.9 Å². The summed E-state index contributed by atoms with van der Waals surface area (Å²) in [5, 5.41) is 12.4. The van der Waals surface area contributed by atoms with Crippen molar-refractivity contribution in [3.8, 4) is 18.1 Å². The first-order valence-electron chi connectivity index (χ1n) is 11.4. The molecule has 0 aromatic heterocycles. The topological polar surface area (TPSA) is 153 Å².